The van der Waals surface area contributed by atoms with Crippen molar-refractivity contribution in [2.24, 2.45) is 0 Å². The lowest BCUT2D eigenvalue weighted by atomic mass is 10.4. The number of aromatic nitrogens is 2. The van der Waals surface area contributed by atoms with E-state index in [9.17, 15) is 0 Å². The van der Waals surface area contributed by atoms with E-state index in [1.807, 2.05) is 13.0 Å². The molecule has 12 heavy (non-hydrogen) atoms. The average Bonchev–Trinajstić information content (AvgIpc) is 2.29. The van der Waals surface area contributed by atoms with Gasteiger partial charge in [-0.3, -0.25) is 0 Å². The molecule has 5 heteroatoms. The molecule has 2 aromatic heterocycles. The van der Waals surface area contributed by atoms with Crippen molar-refractivity contribution in [1.29, 1.82) is 0 Å². The zero-order valence-corrected chi connectivity index (χ0v) is 9.87. The normalized spacial score (nSPS) is 10.9. The van der Waals surface area contributed by atoms with Crippen LogP contribution < -0.4 is 0 Å². The molecule has 0 atom stereocenters. The Kier molecular flexibility index (Phi) is 2.22. The van der Waals surface area contributed by atoms with Crippen LogP contribution in [0.4, 0.5) is 0 Å². The van der Waals surface area contributed by atoms with Crippen molar-refractivity contribution in [3.05, 3.63) is 19.9 Å². The molecule has 0 radical (unpaired) electrons. The summed E-state index contributed by atoms with van der Waals surface area (Å²) >= 11 is 9.81. The van der Waals surface area contributed by atoms with Crippen molar-refractivity contribution < 1.29 is 0 Å². The van der Waals surface area contributed by atoms with Gasteiger partial charge in [0, 0.05) is 5.39 Å². The summed E-state index contributed by atoms with van der Waals surface area (Å²) in [6.45, 7) is 1.85. The zero-order valence-electron chi connectivity index (χ0n) is 6.14. The number of hydrogen-bond acceptors (Lipinski definition) is 3. The molecule has 2 aromatic rings. The van der Waals surface area contributed by atoms with Gasteiger partial charge in [-0.2, -0.15) is 0 Å². The van der Waals surface area contributed by atoms with Gasteiger partial charge in [0.25, 0.3) is 0 Å². The second kappa shape index (κ2) is 3.08. The number of nitrogens with zero attached hydrogens (tertiary/aromatic N) is 2. The first-order valence-electron chi connectivity index (χ1n) is 3.26. The second-order valence-electron chi connectivity index (χ2n) is 2.33. The summed E-state index contributed by atoms with van der Waals surface area (Å²) in [6, 6.07) is 2.00. The third-order valence-electron chi connectivity index (χ3n) is 1.43. The van der Waals surface area contributed by atoms with Crippen LogP contribution in [0.1, 0.15) is 5.82 Å². The molecule has 0 saturated heterocycles. The van der Waals surface area contributed by atoms with E-state index >= 15 is 0 Å². The molecule has 0 bridgehead atoms. The monoisotopic (exact) mass is 310 g/mol. The number of aryl methyl sites for hydroxylation is 1. The average molecular weight is 311 g/mol. The molecule has 0 aliphatic heterocycles. The fraction of sp³-hybridized carbons (Fsp3) is 0.143. The largest absolute Gasteiger partial charge is 0.222 e. The van der Waals surface area contributed by atoms with E-state index in [0.29, 0.717) is 5.15 Å². The van der Waals surface area contributed by atoms with E-state index < -0.39 is 0 Å². The number of thiophene rings is 1. The minimum atomic E-state index is 0.552. The van der Waals surface area contributed by atoms with Crippen LogP contribution in [0.25, 0.3) is 10.2 Å². The fourth-order valence-electron chi connectivity index (χ4n) is 0.957. The van der Waals surface area contributed by atoms with Crippen LogP contribution in [-0.4, -0.2) is 9.97 Å². The predicted molar refractivity (Wildman–Crippen MR) is 59.9 cm³/mol. The van der Waals surface area contributed by atoms with Gasteiger partial charge >= 0.3 is 0 Å². The van der Waals surface area contributed by atoms with Gasteiger partial charge in [-0.15, -0.1) is 11.3 Å². The zero-order chi connectivity index (χ0) is 8.72. The van der Waals surface area contributed by atoms with Crippen LogP contribution in [0.5, 0.6) is 0 Å². The molecule has 0 aromatic carbocycles. The standard InChI is InChI=1S/C7H4ClIN2S/c1-3-10-6(8)4-2-5(9)12-7(4)11-3/h2H,1H3. The van der Waals surface area contributed by atoms with E-state index in [0.717, 1.165) is 16.0 Å². The van der Waals surface area contributed by atoms with Crippen molar-refractivity contribution in [3.8, 4) is 0 Å². The molecule has 0 N–H and O–H groups in total. The lowest BCUT2D eigenvalue weighted by molar-refractivity contribution is 1.10. The Labute approximate surface area is 92.1 Å². The Bertz CT molecular complexity index is 440. The number of hydrogen-bond donors (Lipinski definition) is 0. The SMILES string of the molecule is Cc1nc(Cl)c2cc(I)sc2n1. The first kappa shape index (κ1) is 8.65. The summed E-state index contributed by atoms with van der Waals surface area (Å²) in [4.78, 5) is 9.32. The molecule has 2 heterocycles. The highest BCUT2D eigenvalue weighted by Gasteiger charge is 2.06. The maximum absolute atomic E-state index is 5.93. The topological polar surface area (TPSA) is 25.8 Å². The van der Waals surface area contributed by atoms with Crippen LogP contribution in [0.15, 0.2) is 6.07 Å². The van der Waals surface area contributed by atoms with Gasteiger partial charge in [0.05, 0.1) is 2.88 Å². The van der Waals surface area contributed by atoms with Gasteiger partial charge < -0.3 is 0 Å². The molecule has 0 amide bonds. The molecule has 0 aliphatic carbocycles. The van der Waals surface area contributed by atoms with E-state index in [4.69, 9.17) is 11.6 Å². The van der Waals surface area contributed by atoms with E-state index in [1.54, 1.807) is 11.3 Å². The summed E-state index contributed by atoms with van der Waals surface area (Å²) in [5.74, 6) is 0.728. The number of fused-ring (bicyclic) bond motifs is 1. The molecular weight excluding hydrogens is 307 g/mol. The molecule has 2 nitrogen and oxygen atoms in total. The molecule has 2 rings (SSSR count). The number of rotatable bonds is 0. The first-order valence-corrected chi connectivity index (χ1v) is 5.53. The van der Waals surface area contributed by atoms with Gasteiger partial charge in [-0.1, -0.05) is 11.6 Å². The van der Waals surface area contributed by atoms with Crippen molar-refractivity contribution in [2.45, 2.75) is 6.92 Å². The van der Waals surface area contributed by atoms with Crippen LogP contribution >= 0.6 is 45.5 Å². The first-order chi connectivity index (χ1) is 5.66. The number of halogens is 2. The van der Waals surface area contributed by atoms with Crippen molar-refractivity contribution >= 4 is 55.7 Å². The molecule has 0 unspecified atom stereocenters. The van der Waals surface area contributed by atoms with Crippen LogP contribution in [0.3, 0.4) is 0 Å². The lowest BCUT2D eigenvalue weighted by Gasteiger charge is -1.93. The highest BCUT2D eigenvalue weighted by molar-refractivity contribution is 14.1. The van der Waals surface area contributed by atoms with Gasteiger partial charge in [-0.25, -0.2) is 9.97 Å². The lowest BCUT2D eigenvalue weighted by Crippen LogP contribution is -1.86. The minimum absolute atomic E-state index is 0.552. The summed E-state index contributed by atoms with van der Waals surface area (Å²) in [5, 5.41) is 1.51. The Hall–Kier alpha value is 0.0600. The Morgan fingerprint density at radius 3 is 3.00 bits per heavy atom. The molecule has 0 saturated carbocycles. The fourth-order valence-corrected chi connectivity index (χ4v) is 3.02. The third-order valence-corrected chi connectivity index (χ3v) is 3.51. The van der Waals surface area contributed by atoms with Crippen molar-refractivity contribution in [1.82, 2.24) is 9.97 Å². The smallest absolute Gasteiger partial charge is 0.141 e. The minimum Gasteiger partial charge on any atom is -0.222 e. The molecule has 0 fully saturated rings. The van der Waals surface area contributed by atoms with Crippen LogP contribution in [-0.2, 0) is 0 Å². The summed E-state index contributed by atoms with van der Waals surface area (Å²) in [6.07, 6.45) is 0. The highest BCUT2D eigenvalue weighted by atomic mass is 127. The van der Waals surface area contributed by atoms with E-state index in [-0.39, 0.29) is 0 Å². The maximum Gasteiger partial charge on any atom is 0.141 e. The Morgan fingerprint density at radius 2 is 2.25 bits per heavy atom. The highest BCUT2D eigenvalue weighted by Crippen LogP contribution is 2.29. The van der Waals surface area contributed by atoms with Crippen molar-refractivity contribution in [3.63, 3.8) is 0 Å². The summed E-state index contributed by atoms with van der Waals surface area (Å²) in [7, 11) is 0. The quantitative estimate of drug-likeness (QED) is 0.551. The van der Waals surface area contributed by atoms with E-state index in [1.165, 1.54) is 2.88 Å². The van der Waals surface area contributed by atoms with Gasteiger partial charge in [0.2, 0.25) is 0 Å². The van der Waals surface area contributed by atoms with Crippen molar-refractivity contribution in [2.75, 3.05) is 0 Å². The second-order valence-corrected chi connectivity index (χ2v) is 5.61. The molecule has 0 spiro atoms. The Morgan fingerprint density at radius 1 is 1.50 bits per heavy atom. The predicted octanol–water partition coefficient (Wildman–Crippen LogP) is 3.26. The third kappa shape index (κ3) is 1.43. The van der Waals surface area contributed by atoms with Gasteiger partial charge in [0.15, 0.2) is 0 Å². The Balaban J connectivity index is 2.88. The summed E-state index contributed by atoms with van der Waals surface area (Å²) in [5.41, 5.74) is 0. The van der Waals surface area contributed by atoms with Crippen LogP contribution in [0, 0.1) is 9.81 Å². The van der Waals surface area contributed by atoms with E-state index in [2.05, 4.69) is 32.6 Å². The van der Waals surface area contributed by atoms with Gasteiger partial charge in [-0.05, 0) is 35.6 Å². The molecule has 0 aliphatic rings. The maximum atomic E-state index is 5.93. The molecule has 62 valence electrons. The van der Waals surface area contributed by atoms with Gasteiger partial charge in [0.1, 0.15) is 15.8 Å². The van der Waals surface area contributed by atoms with Crippen LogP contribution in [0.2, 0.25) is 5.15 Å². The molecular formula is C7H4ClIN2S. The summed E-state index contributed by atoms with van der Waals surface area (Å²) < 4.78 is 1.18.